The van der Waals surface area contributed by atoms with Crippen LogP contribution < -0.4 is 5.32 Å². The van der Waals surface area contributed by atoms with Gasteiger partial charge in [0.2, 0.25) is 0 Å². The molecule has 1 aromatic carbocycles. The van der Waals surface area contributed by atoms with Gasteiger partial charge >= 0.3 is 0 Å². The molecule has 7 nitrogen and oxygen atoms in total. The smallest absolute Gasteiger partial charge is 0.272 e. The van der Waals surface area contributed by atoms with Gasteiger partial charge in [-0.1, -0.05) is 6.07 Å². The van der Waals surface area contributed by atoms with Gasteiger partial charge in [0, 0.05) is 31.6 Å². The number of carbonyl (C=O) groups excluding carboxylic acids is 1. The molecule has 138 valence electrons. The molecule has 1 aromatic heterocycles. The van der Waals surface area contributed by atoms with E-state index >= 15 is 0 Å². The van der Waals surface area contributed by atoms with E-state index in [0.29, 0.717) is 50.4 Å². The third-order valence-electron chi connectivity index (χ3n) is 4.89. The Labute approximate surface area is 157 Å². The third-order valence-corrected chi connectivity index (χ3v) is 4.89. The van der Waals surface area contributed by atoms with Crippen LogP contribution in [0, 0.1) is 11.3 Å². The van der Waals surface area contributed by atoms with Gasteiger partial charge in [-0.3, -0.25) is 4.79 Å². The molecule has 0 aliphatic carbocycles. The van der Waals surface area contributed by atoms with Crippen molar-refractivity contribution in [2.75, 3.05) is 31.6 Å². The average Bonchev–Trinajstić information content (AvgIpc) is 3.17. The van der Waals surface area contributed by atoms with E-state index in [-0.39, 0.29) is 5.91 Å². The lowest BCUT2D eigenvalue weighted by molar-refractivity contribution is -0.181. The molecule has 1 amide bonds. The van der Waals surface area contributed by atoms with Crippen molar-refractivity contribution in [2.24, 2.45) is 0 Å². The van der Waals surface area contributed by atoms with Gasteiger partial charge in [-0.05, 0) is 30.3 Å². The maximum Gasteiger partial charge on any atom is 0.272 e. The first-order valence-corrected chi connectivity index (χ1v) is 8.98. The molecule has 0 unspecified atom stereocenters. The number of ether oxygens (including phenoxy) is 2. The number of nitrogens with one attached hydrogen (secondary N) is 1. The summed E-state index contributed by atoms with van der Waals surface area (Å²) in [5.41, 5.74) is 2.55. The maximum atomic E-state index is 12.7. The molecule has 27 heavy (non-hydrogen) atoms. The first-order chi connectivity index (χ1) is 13.2. The van der Waals surface area contributed by atoms with E-state index in [1.807, 2.05) is 18.2 Å². The highest BCUT2D eigenvalue weighted by atomic mass is 16.7. The molecule has 7 heteroatoms. The lowest BCUT2D eigenvalue weighted by Gasteiger charge is -2.37. The lowest BCUT2D eigenvalue weighted by Crippen LogP contribution is -2.47. The fraction of sp³-hybridized carbons (Fsp3) is 0.350. The van der Waals surface area contributed by atoms with E-state index in [1.54, 1.807) is 29.3 Å². The van der Waals surface area contributed by atoms with Gasteiger partial charge in [0.25, 0.3) is 5.91 Å². The van der Waals surface area contributed by atoms with Crippen molar-refractivity contribution in [3.05, 3.63) is 53.9 Å². The van der Waals surface area contributed by atoms with Gasteiger partial charge < -0.3 is 19.7 Å². The zero-order valence-corrected chi connectivity index (χ0v) is 14.9. The van der Waals surface area contributed by atoms with E-state index in [4.69, 9.17) is 14.7 Å². The molecule has 2 aliphatic rings. The van der Waals surface area contributed by atoms with E-state index in [9.17, 15) is 4.79 Å². The number of pyridine rings is 1. The third kappa shape index (κ3) is 3.77. The normalized spacial score (nSPS) is 18.3. The number of piperidine rings is 1. The zero-order chi connectivity index (χ0) is 18.7. The van der Waals surface area contributed by atoms with E-state index in [1.165, 1.54) is 0 Å². The number of hydrogen-bond donors (Lipinski definition) is 1. The largest absolute Gasteiger partial charge is 0.354 e. The van der Waals surface area contributed by atoms with Crippen molar-refractivity contribution in [2.45, 2.75) is 18.6 Å². The number of benzene rings is 1. The van der Waals surface area contributed by atoms with Gasteiger partial charge in [0.15, 0.2) is 5.79 Å². The average molecular weight is 364 g/mol. The van der Waals surface area contributed by atoms with Crippen LogP contribution in [-0.2, 0) is 9.47 Å². The van der Waals surface area contributed by atoms with Crippen molar-refractivity contribution < 1.29 is 14.3 Å². The lowest BCUT2D eigenvalue weighted by atomic mass is 10.0. The summed E-state index contributed by atoms with van der Waals surface area (Å²) in [5.74, 6) is -0.573. The van der Waals surface area contributed by atoms with Crippen LogP contribution >= 0.6 is 0 Å². The summed E-state index contributed by atoms with van der Waals surface area (Å²) in [5, 5.41) is 12.2. The molecule has 0 radical (unpaired) electrons. The Kier molecular flexibility index (Phi) is 4.75. The van der Waals surface area contributed by atoms with Crippen LogP contribution in [0.5, 0.6) is 0 Å². The minimum atomic E-state index is -0.490. The minimum Gasteiger partial charge on any atom is -0.354 e. The Morgan fingerprint density at radius 1 is 1.15 bits per heavy atom. The van der Waals surface area contributed by atoms with E-state index in [0.717, 1.165) is 11.4 Å². The van der Waals surface area contributed by atoms with Gasteiger partial charge in [0.05, 0.1) is 36.7 Å². The number of carbonyl (C=O) groups is 1. The fourth-order valence-corrected chi connectivity index (χ4v) is 3.43. The van der Waals surface area contributed by atoms with Crippen LogP contribution in [0.1, 0.15) is 28.9 Å². The number of nitriles is 1. The van der Waals surface area contributed by atoms with Crippen molar-refractivity contribution in [1.82, 2.24) is 9.88 Å². The summed E-state index contributed by atoms with van der Waals surface area (Å²) in [4.78, 5) is 18.8. The topological polar surface area (TPSA) is 87.5 Å². The molecular formula is C20H20N4O3. The Balaban J connectivity index is 1.38. The van der Waals surface area contributed by atoms with Crippen LogP contribution in [0.15, 0.2) is 42.6 Å². The van der Waals surface area contributed by atoms with Gasteiger partial charge in [0.1, 0.15) is 5.69 Å². The first kappa shape index (κ1) is 17.5. The molecule has 1 spiro atoms. The van der Waals surface area contributed by atoms with Gasteiger partial charge in [-0.25, -0.2) is 4.98 Å². The van der Waals surface area contributed by atoms with Crippen molar-refractivity contribution in [3.8, 4) is 6.07 Å². The summed E-state index contributed by atoms with van der Waals surface area (Å²) in [6.45, 7) is 2.45. The van der Waals surface area contributed by atoms with Crippen molar-refractivity contribution in [3.63, 3.8) is 0 Å². The molecule has 2 fully saturated rings. The summed E-state index contributed by atoms with van der Waals surface area (Å²) >= 11 is 0. The van der Waals surface area contributed by atoms with Crippen LogP contribution in [-0.4, -0.2) is 47.9 Å². The summed E-state index contributed by atoms with van der Waals surface area (Å²) < 4.78 is 11.4. The Morgan fingerprint density at radius 2 is 1.93 bits per heavy atom. The van der Waals surface area contributed by atoms with Crippen LogP contribution in [0.25, 0.3) is 0 Å². The molecule has 2 saturated heterocycles. The molecular weight excluding hydrogens is 344 g/mol. The van der Waals surface area contributed by atoms with E-state index < -0.39 is 5.79 Å². The Bertz CT molecular complexity index is 860. The van der Waals surface area contributed by atoms with Crippen LogP contribution in [0.2, 0.25) is 0 Å². The maximum absolute atomic E-state index is 12.7. The summed E-state index contributed by atoms with van der Waals surface area (Å²) in [6.07, 6.45) is 3.00. The predicted octanol–water partition coefficient (Wildman–Crippen LogP) is 2.68. The fourth-order valence-electron chi connectivity index (χ4n) is 3.43. The van der Waals surface area contributed by atoms with Crippen LogP contribution in [0.3, 0.4) is 0 Å². The monoisotopic (exact) mass is 364 g/mol. The number of rotatable bonds is 3. The Hall–Kier alpha value is -2.95. The number of nitrogens with zero attached hydrogens (tertiary/aromatic N) is 3. The summed E-state index contributed by atoms with van der Waals surface area (Å²) in [6, 6.07) is 12.8. The predicted molar refractivity (Wildman–Crippen MR) is 98.4 cm³/mol. The van der Waals surface area contributed by atoms with Gasteiger partial charge in [-0.2, -0.15) is 5.26 Å². The minimum absolute atomic E-state index is 0.0825. The van der Waals surface area contributed by atoms with Gasteiger partial charge in [-0.15, -0.1) is 0 Å². The quantitative estimate of drug-likeness (QED) is 0.901. The SMILES string of the molecule is N#Cc1cccc(Nc2ccc(C(=O)N3CCC4(CC3)OCCO4)nc2)c1. The second kappa shape index (κ2) is 7.35. The molecule has 3 heterocycles. The molecule has 0 atom stereocenters. The standard InChI is InChI=1S/C20H20N4O3/c21-13-15-2-1-3-16(12-15)23-17-4-5-18(22-14-17)19(25)24-8-6-20(7-9-24)26-10-11-27-20/h1-5,12,14,23H,6-11H2. The molecule has 2 aromatic rings. The molecule has 0 saturated carbocycles. The van der Waals surface area contributed by atoms with Crippen molar-refractivity contribution >= 4 is 17.3 Å². The van der Waals surface area contributed by atoms with Crippen molar-refractivity contribution in [1.29, 1.82) is 5.26 Å². The number of likely N-dealkylation sites (tertiary alicyclic amines) is 1. The second-order valence-electron chi connectivity index (χ2n) is 6.65. The highest BCUT2D eigenvalue weighted by molar-refractivity contribution is 5.92. The highest BCUT2D eigenvalue weighted by Crippen LogP contribution is 2.31. The summed E-state index contributed by atoms with van der Waals surface area (Å²) in [7, 11) is 0. The number of aromatic nitrogens is 1. The Morgan fingerprint density at radius 3 is 2.59 bits per heavy atom. The molecule has 1 N–H and O–H groups in total. The number of amides is 1. The number of hydrogen-bond acceptors (Lipinski definition) is 6. The second-order valence-corrected chi connectivity index (χ2v) is 6.65. The van der Waals surface area contributed by atoms with E-state index in [2.05, 4.69) is 16.4 Å². The zero-order valence-electron chi connectivity index (χ0n) is 14.9. The molecule has 2 aliphatic heterocycles. The highest BCUT2D eigenvalue weighted by Gasteiger charge is 2.40. The van der Waals surface area contributed by atoms with Crippen LogP contribution in [0.4, 0.5) is 11.4 Å². The molecule has 0 bridgehead atoms. The first-order valence-electron chi connectivity index (χ1n) is 8.98. The number of anilines is 2. The molecule has 4 rings (SSSR count).